The second-order valence-electron chi connectivity index (χ2n) is 11.9. The van der Waals surface area contributed by atoms with E-state index in [4.69, 9.17) is 0 Å². The molecule has 0 saturated carbocycles. The first-order valence-corrected chi connectivity index (χ1v) is 15.8. The maximum absolute atomic E-state index is 14.8. The minimum atomic E-state index is -0.277. The number of nitrogens with zero attached hydrogens (tertiary/aromatic N) is 3. The molecule has 238 valence electrons. The second-order valence-corrected chi connectivity index (χ2v) is 11.9. The Morgan fingerprint density at radius 2 is 1.85 bits per heavy atom. The van der Waals surface area contributed by atoms with E-state index in [1.54, 1.807) is 6.07 Å². The van der Waals surface area contributed by atoms with Crippen molar-refractivity contribution >= 4 is 33.2 Å². The van der Waals surface area contributed by atoms with Gasteiger partial charge in [-0.25, -0.2) is 9.37 Å². The van der Waals surface area contributed by atoms with E-state index in [2.05, 4.69) is 78.7 Å². The van der Waals surface area contributed by atoms with E-state index in [9.17, 15) is 4.39 Å². The van der Waals surface area contributed by atoms with Crippen molar-refractivity contribution in [1.29, 1.82) is 0 Å². The first-order valence-electron chi connectivity index (χ1n) is 15.8. The van der Waals surface area contributed by atoms with Crippen molar-refractivity contribution in [2.75, 3.05) is 39.0 Å². The van der Waals surface area contributed by atoms with Crippen molar-refractivity contribution in [1.82, 2.24) is 30.4 Å². The molecular weight excluding hydrogens is 585 g/mol. The Labute approximate surface area is 274 Å². The highest BCUT2D eigenvalue weighted by Gasteiger charge is 2.16. The Balaban J connectivity index is 1.29. The van der Waals surface area contributed by atoms with Crippen LogP contribution >= 0.6 is 0 Å². The lowest BCUT2D eigenvalue weighted by molar-refractivity contribution is 0.425. The molecule has 0 spiro atoms. The third kappa shape index (κ3) is 7.41. The zero-order valence-corrected chi connectivity index (χ0v) is 27.1. The molecular formula is C39H40FN7. The molecule has 7 nitrogen and oxygen atoms in total. The van der Waals surface area contributed by atoms with E-state index in [-0.39, 0.29) is 5.82 Å². The van der Waals surface area contributed by atoms with E-state index in [0.29, 0.717) is 12.2 Å². The highest BCUT2D eigenvalue weighted by atomic mass is 19.1. The minimum absolute atomic E-state index is 0.277. The van der Waals surface area contributed by atoms with Crippen LogP contribution in [0.25, 0.3) is 50.0 Å². The van der Waals surface area contributed by atoms with Gasteiger partial charge < -0.3 is 20.5 Å². The molecule has 4 N–H and O–H groups in total. The van der Waals surface area contributed by atoms with E-state index >= 15 is 0 Å². The van der Waals surface area contributed by atoms with Gasteiger partial charge in [0.2, 0.25) is 0 Å². The number of allylic oxidation sites excluding steroid dienone is 3. The van der Waals surface area contributed by atoms with Crippen LogP contribution in [0.2, 0.25) is 0 Å². The molecule has 6 rings (SSSR count). The average molecular weight is 626 g/mol. The summed E-state index contributed by atoms with van der Waals surface area (Å²) in [7, 11) is 4.04. The molecule has 3 heterocycles. The number of nitrogens with one attached hydrogen (secondary N) is 4. The summed E-state index contributed by atoms with van der Waals surface area (Å²) in [5, 5.41) is 16.5. The summed E-state index contributed by atoms with van der Waals surface area (Å²) in [6.45, 7) is 9.12. The van der Waals surface area contributed by atoms with Crippen molar-refractivity contribution in [2.45, 2.75) is 13.5 Å². The molecule has 8 heteroatoms. The SMILES string of the molecule is C=C/C(=C\C(=C/C)c1cnc2n[nH]c(-c3cc4c(-c5cc(F)cc(NCCN(C)C)c5)cccc4[nH]3)c2c1)CNCc1ccccc1. The van der Waals surface area contributed by atoms with Crippen molar-refractivity contribution < 1.29 is 4.39 Å². The zero-order chi connectivity index (χ0) is 32.8. The summed E-state index contributed by atoms with van der Waals surface area (Å²) in [4.78, 5) is 10.3. The molecule has 3 aromatic carbocycles. The normalized spacial score (nSPS) is 12.4. The Kier molecular flexibility index (Phi) is 9.71. The third-order valence-corrected chi connectivity index (χ3v) is 8.19. The molecule has 0 fully saturated rings. The number of H-pyrrole nitrogens is 2. The first kappa shape index (κ1) is 31.7. The van der Waals surface area contributed by atoms with Gasteiger partial charge in [0.05, 0.1) is 11.4 Å². The monoisotopic (exact) mass is 625 g/mol. The Morgan fingerprint density at radius 3 is 2.64 bits per heavy atom. The van der Waals surface area contributed by atoms with Crippen LogP contribution < -0.4 is 10.6 Å². The van der Waals surface area contributed by atoms with E-state index in [0.717, 1.165) is 80.8 Å². The number of rotatable bonds is 13. The second kappa shape index (κ2) is 14.4. The zero-order valence-electron chi connectivity index (χ0n) is 27.1. The fourth-order valence-corrected chi connectivity index (χ4v) is 5.74. The molecule has 0 unspecified atom stereocenters. The van der Waals surface area contributed by atoms with Crippen LogP contribution in [0.1, 0.15) is 18.1 Å². The largest absolute Gasteiger partial charge is 0.384 e. The number of hydrogen-bond donors (Lipinski definition) is 4. The molecule has 0 aliphatic carbocycles. The summed E-state index contributed by atoms with van der Waals surface area (Å²) >= 11 is 0. The summed E-state index contributed by atoms with van der Waals surface area (Å²) < 4.78 is 14.8. The quantitative estimate of drug-likeness (QED) is 0.0973. The third-order valence-electron chi connectivity index (χ3n) is 8.19. The van der Waals surface area contributed by atoms with Gasteiger partial charge in [-0.2, -0.15) is 5.10 Å². The number of halogens is 1. The molecule has 0 radical (unpaired) electrons. The van der Waals surface area contributed by atoms with E-state index in [1.807, 2.05) is 75.8 Å². The number of pyridine rings is 1. The first-order chi connectivity index (χ1) is 22.9. The smallest absolute Gasteiger partial charge is 0.181 e. The number of hydrogen-bond acceptors (Lipinski definition) is 5. The molecule has 0 atom stereocenters. The molecule has 47 heavy (non-hydrogen) atoms. The van der Waals surface area contributed by atoms with Crippen LogP contribution in [0.5, 0.6) is 0 Å². The van der Waals surface area contributed by atoms with Gasteiger partial charge in [0, 0.05) is 59.9 Å². The lowest BCUT2D eigenvalue weighted by Gasteiger charge is -2.13. The van der Waals surface area contributed by atoms with Gasteiger partial charge in [-0.1, -0.05) is 67.3 Å². The molecule has 3 aromatic heterocycles. The minimum Gasteiger partial charge on any atom is -0.384 e. The Morgan fingerprint density at radius 1 is 1.00 bits per heavy atom. The predicted molar refractivity (Wildman–Crippen MR) is 194 cm³/mol. The number of likely N-dealkylation sites (N-methyl/N-ethyl adjacent to an activating group) is 1. The molecule has 0 bridgehead atoms. The van der Waals surface area contributed by atoms with Crippen molar-refractivity contribution in [2.24, 2.45) is 0 Å². The van der Waals surface area contributed by atoms with Crippen LogP contribution in [0.15, 0.2) is 115 Å². The van der Waals surface area contributed by atoms with Gasteiger partial charge in [-0.05, 0) is 85.3 Å². The summed E-state index contributed by atoms with van der Waals surface area (Å²) in [5.74, 6) is -0.277. The maximum atomic E-state index is 14.8. The van der Waals surface area contributed by atoms with Crippen LogP contribution in [0.3, 0.4) is 0 Å². The number of fused-ring (bicyclic) bond motifs is 2. The molecule has 0 aliphatic heterocycles. The summed E-state index contributed by atoms with van der Waals surface area (Å²) in [6.07, 6.45) is 7.97. The molecule has 0 saturated heterocycles. The van der Waals surface area contributed by atoms with Gasteiger partial charge in [-0.3, -0.25) is 5.10 Å². The topological polar surface area (TPSA) is 84.7 Å². The molecule has 0 aliphatic rings. The van der Waals surface area contributed by atoms with Gasteiger partial charge in [0.25, 0.3) is 0 Å². The van der Waals surface area contributed by atoms with E-state index < -0.39 is 0 Å². The van der Waals surface area contributed by atoms with Crippen LogP contribution in [0.4, 0.5) is 10.1 Å². The molecule has 6 aromatic rings. The van der Waals surface area contributed by atoms with Crippen molar-refractivity contribution in [3.05, 3.63) is 132 Å². The Bertz CT molecular complexity index is 2070. The fraction of sp³-hybridized carbons (Fsp3) is 0.179. The van der Waals surface area contributed by atoms with Crippen LogP contribution in [-0.2, 0) is 6.54 Å². The molecule has 0 amide bonds. The Hall–Kier alpha value is -5.31. The average Bonchev–Trinajstić information content (AvgIpc) is 3.70. The number of benzene rings is 3. The number of aromatic nitrogens is 4. The van der Waals surface area contributed by atoms with Crippen LogP contribution in [-0.4, -0.2) is 58.8 Å². The van der Waals surface area contributed by atoms with Crippen molar-refractivity contribution in [3.63, 3.8) is 0 Å². The fourth-order valence-electron chi connectivity index (χ4n) is 5.74. The van der Waals surface area contributed by atoms with Gasteiger partial charge in [0.1, 0.15) is 5.82 Å². The van der Waals surface area contributed by atoms with Crippen LogP contribution in [0, 0.1) is 5.82 Å². The van der Waals surface area contributed by atoms with Gasteiger partial charge in [0.15, 0.2) is 5.65 Å². The highest BCUT2D eigenvalue weighted by molar-refractivity contribution is 6.01. The highest BCUT2D eigenvalue weighted by Crippen LogP contribution is 2.35. The lowest BCUT2D eigenvalue weighted by Crippen LogP contribution is -2.20. The van der Waals surface area contributed by atoms with Gasteiger partial charge >= 0.3 is 0 Å². The predicted octanol–water partition coefficient (Wildman–Crippen LogP) is 8.19. The number of anilines is 1. The van der Waals surface area contributed by atoms with Gasteiger partial charge in [-0.15, -0.1) is 0 Å². The standard InChI is InChI=1S/C39H40FN7/c1-5-26(23-41-24-27-11-8-7-9-12-27)17-28(6-2)30-20-35-38(45-46-39(35)43-25-30)37-22-34-33(13-10-14-36(34)44-37)29-18-31(40)21-32(19-29)42-15-16-47(3)4/h5-14,17-22,25,41-42,44H,1,15-16,23-24H2,2-4H3,(H,43,45,46)/b26-17+,28-6+. The van der Waals surface area contributed by atoms with E-state index in [1.165, 1.54) is 11.6 Å². The lowest BCUT2D eigenvalue weighted by atomic mass is 10.0. The summed E-state index contributed by atoms with van der Waals surface area (Å²) in [6, 6.07) is 25.7. The maximum Gasteiger partial charge on any atom is 0.181 e. The van der Waals surface area contributed by atoms with Crippen molar-refractivity contribution in [3.8, 4) is 22.5 Å². The number of aromatic amines is 2. The summed E-state index contributed by atoms with van der Waals surface area (Å²) in [5.41, 5.74) is 10.2.